The third-order valence-corrected chi connectivity index (χ3v) is 4.36. The van der Waals surface area contributed by atoms with Crippen molar-refractivity contribution in [3.63, 3.8) is 0 Å². The molecule has 0 aliphatic rings. The number of carbonyl (C=O) groups excluding carboxylic acids is 1. The molecule has 2 nitrogen and oxygen atoms in total. The Morgan fingerprint density at radius 2 is 1.76 bits per heavy atom. The van der Waals surface area contributed by atoms with Crippen molar-refractivity contribution < 1.29 is 18.3 Å². The van der Waals surface area contributed by atoms with Crippen LogP contribution in [0.25, 0.3) is 0 Å². The Morgan fingerprint density at radius 1 is 1.10 bits per heavy atom. The first-order valence-corrected chi connectivity index (χ1v) is 9.08. The fourth-order valence-electron chi connectivity index (χ4n) is 1.85. The van der Waals surface area contributed by atoms with Gasteiger partial charge in [-0.1, -0.05) is 40.0 Å². The van der Waals surface area contributed by atoms with Gasteiger partial charge < -0.3 is 4.74 Å². The monoisotopic (exact) mass is 324 g/mol. The molecular formula is C16H30F2O2S. The molecule has 0 rings (SSSR count). The van der Waals surface area contributed by atoms with Gasteiger partial charge in [0, 0.05) is 6.42 Å². The van der Waals surface area contributed by atoms with Gasteiger partial charge in [-0.05, 0) is 30.9 Å². The molecule has 1 unspecified atom stereocenters. The van der Waals surface area contributed by atoms with Gasteiger partial charge in [0.05, 0.1) is 6.61 Å². The second kappa shape index (κ2) is 13.4. The molecule has 0 aliphatic heterocycles. The van der Waals surface area contributed by atoms with Crippen molar-refractivity contribution in [2.45, 2.75) is 77.4 Å². The van der Waals surface area contributed by atoms with E-state index in [-0.39, 0.29) is 17.6 Å². The lowest BCUT2D eigenvalue weighted by molar-refractivity contribution is -0.144. The normalized spacial score (nSPS) is 12.9. The molecule has 0 bridgehead atoms. The molecular weight excluding hydrogens is 294 g/mol. The van der Waals surface area contributed by atoms with Crippen molar-refractivity contribution in [3.8, 4) is 0 Å². The molecule has 0 spiro atoms. The molecule has 0 aromatic heterocycles. The number of halogens is 2. The maximum Gasteiger partial charge on any atom is 0.319 e. The van der Waals surface area contributed by atoms with Gasteiger partial charge in [-0.3, -0.25) is 4.79 Å². The summed E-state index contributed by atoms with van der Waals surface area (Å²) in [6.45, 7) is 6.59. The highest BCUT2D eigenvalue weighted by atomic mass is 32.2. The molecule has 0 radical (unpaired) electrons. The number of thioether (sulfide) groups is 1. The molecule has 0 aromatic rings. The Balaban J connectivity index is 3.75. The summed E-state index contributed by atoms with van der Waals surface area (Å²) >= 11 is 1.65. The van der Waals surface area contributed by atoms with Gasteiger partial charge >= 0.3 is 5.97 Å². The standard InChI is InChI=1S/C16H30F2O2S/c1-4-9-14(16(19)20-12-13(2)3)21-11-8-6-5-7-10-15(17)18/h13-15H,4-12H2,1-3H3. The summed E-state index contributed by atoms with van der Waals surface area (Å²) in [5, 5.41) is -0.0742. The molecule has 0 fully saturated rings. The number of hydrogen-bond donors (Lipinski definition) is 0. The lowest BCUT2D eigenvalue weighted by Gasteiger charge is -2.16. The molecule has 0 aromatic carbocycles. The lowest BCUT2D eigenvalue weighted by Crippen LogP contribution is -2.22. The number of hydrogen-bond acceptors (Lipinski definition) is 3. The Hall–Kier alpha value is -0.320. The molecule has 0 N–H and O–H groups in total. The third-order valence-electron chi connectivity index (χ3n) is 3.01. The van der Waals surface area contributed by atoms with Crippen molar-refractivity contribution in [1.82, 2.24) is 0 Å². The zero-order valence-electron chi connectivity index (χ0n) is 13.6. The lowest BCUT2D eigenvalue weighted by atomic mass is 10.2. The van der Waals surface area contributed by atoms with Crippen LogP contribution >= 0.6 is 11.8 Å². The van der Waals surface area contributed by atoms with Gasteiger partial charge in [0.25, 0.3) is 0 Å². The van der Waals surface area contributed by atoms with Gasteiger partial charge in [0.1, 0.15) is 5.25 Å². The van der Waals surface area contributed by atoms with E-state index in [1.54, 1.807) is 11.8 Å². The largest absolute Gasteiger partial charge is 0.465 e. The summed E-state index contributed by atoms with van der Waals surface area (Å²) in [6.07, 6.45) is 3.01. The van der Waals surface area contributed by atoms with Crippen LogP contribution in [-0.4, -0.2) is 30.0 Å². The number of ether oxygens (including phenoxy) is 1. The van der Waals surface area contributed by atoms with E-state index in [1.807, 2.05) is 13.8 Å². The van der Waals surface area contributed by atoms with Gasteiger partial charge in [-0.2, -0.15) is 0 Å². The summed E-state index contributed by atoms with van der Waals surface area (Å²) in [5.74, 6) is 1.15. The van der Waals surface area contributed by atoms with E-state index in [9.17, 15) is 13.6 Å². The third kappa shape index (κ3) is 13.1. The van der Waals surface area contributed by atoms with E-state index in [4.69, 9.17) is 4.74 Å². The summed E-state index contributed by atoms with van der Waals surface area (Å²) in [5.41, 5.74) is 0. The minimum atomic E-state index is -2.18. The van der Waals surface area contributed by atoms with Crippen molar-refractivity contribution >= 4 is 17.7 Å². The maximum absolute atomic E-state index is 12.0. The van der Waals surface area contributed by atoms with Crippen LogP contribution in [-0.2, 0) is 9.53 Å². The van der Waals surface area contributed by atoms with Crippen LogP contribution in [0.5, 0.6) is 0 Å². The minimum Gasteiger partial charge on any atom is -0.465 e. The van der Waals surface area contributed by atoms with E-state index in [0.717, 1.165) is 37.9 Å². The molecule has 126 valence electrons. The molecule has 0 saturated heterocycles. The molecule has 0 heterocycles. The first kappa shape index (κ1) is 20.7. The molecule has 5 heteroatoms. The predicted octanol–water partition coefficient (Wildman–Crippen LogP) is 5.30. The van der Waals surface area contributed by atoms with E-state index in [0.29, 0.717) is 18.9 Å². The van der Waals surface area contributed by atoms with E-state index < -0.39 is 6.43 Å². The zero-order valence-corrected chi connectivity index (χ0v) is 14.4. The Morgan fingerprint density at radius 3 is 2.33 bits per heavy atom. The summed E-state index contributed by atoms with van der Waals surface area (Å²) in [4.78, 5) is 12.0. The summed E-state index contributed by atoms with van der Waals surface area (Å²) in [7, 11) is 0. The number of rotatable bonds is 13. The molecule has 1 atom stereocenters. The highest BCUT2D eigenvalue weighted by molar-refractivity contribution is 8.00. The SMILES string of the molecule is CCCC(SCCCCCCC(F)F)C(=O)OCC(C)C. The first-order chi connectivity index (χ1) is 9.97. The van der Waals surface area contributed by atoms with E-state index >= 15 is 0 Å². The second-order valence-electron chi connectivity index (χ2n) is 5.77. The smallest absolute Gasteiger partial charge is 0.319 e. The topological polar surface area (TPSA) is 26.3 Å². The Kier molecular flexibility index (Phi) is 13.1. The van der Waals surface area contributed by atoms with Crippen molar-refractivity contribution in [2.75, 3.05) is 12.4 Å². The second-order valence-corrected chi connectivity index (χ2v) is 7.08. The van der Waals surface area contributed by atoms with Crippen molar-refractivity contribution in [2.24, 2.45) is 5.92 Å². The molecule has 0 amide bonds. The average Bonchev–Trinajstić information content (AvgIpc) is 2.42. The van der Waals surface area contributed by atoms with Gasteiger partial charge in [-0.25, -0.2) is 8.78 Å². The Labute approximate surface area is 132 Å². The molecule has 0 saturated carbocycles. The van der Waals surface area contributed by atoms with Gasteiger partial charge in [0.15, 0.2) is 0 Å². The van der Waals surface area contributed by atoms with Crippen LogP contribution < -0.4 is 0 Å². The zero-order chi connectivity index (χ0) is 16.1. The Bertz CT molecular complexity index is 261. The molecule has 21 heavy (non-hydrogen) atoms. The van der Waals surface area contributed by atoms with Crippen molar-refractivity contribution in [3.05, 3.63) is 0 Å². The molecule has 0 aliphatic carbocycles. The van der Waals surface area contributed by atoms with Crippen LogP contribution in [0.2, 0.25) is 0 Å². The van der Waals surface area contributed by atoms with E-state index in [1.165, 1.54) is 0 Å². The predicted molar refractivity (Wildman–Crippen MR) is 86.0 cm³/mol. The summed E-state index contributed by atoms with van der Waals surface area (Å²) in [6, 6.07) is 0. The number of esters is 1. The van der Waals surface area contributed by atoms with Gasteiger partial charge in [0.2, 0.25) is 6.43 Å². The fraction of sp³-hybridized carbons (Fsp3) is 0.938. The first-order valence-electron chi connectivity index (χ1n) is 8.03. The van der Waals surface area contributed by atoms with Gasteiger partial charge in [-0.15, -0.1) is 11.8 Å². The highest BCUT2D eigenvalue weighted by Gasteiger charge is 2.19. The number of carbonyl (C=O) groups is 1. The number of alkyl halides is 2. The van der Waals surface area contributed by atoms with Crippen LogP contribution in [0, 0.1) is 5.92 Å². The van der Waals surface area contributed by atoms with Crippen molar-refractivity contribution in [1.29, 1.82) is 0 Å². The average molecular weight is 324 g/mol. The maximum atomic E-state index is 12.0. The minimum absolute atomic E-state index is 0.00707. The summed E-state index contributed by atoms with van der Waals surface area (Å²) < 4.78 is 29.2. The van der Waals surface area contributed by atoms with E-state index in [2.05, 4.69) is 6.92 Å². The van der Waals surface area contributed by atoms with Crippen LogP contribution in [0.15, 0.2) is 0 Å². The fourth-order valence-corrected chi connectivity index (χ4v) is 3.11. The number of unbranched alkanes of at least 4 members (excludes halogenated alkanes) is 3. The highest BCUT2D eigenvalue weighted by Crippen LogP contribution is 2.21. The quantitative estimate of drug-likeness (QED) is 0.339. The van der Waals surface area contributed by atoms with Crippen LogP contribution in [0.3, 0.4) is 0 Å². The van der Waals surface area contributed by atoms with Crippen LogP contribution in [0.4, 0.5) is 8.78 Å². The van der Waals surface area contributed by atoms with Crippen LogP contribution in [0.1, 0.15) is 65.7 Å².